The lowest BCUT2D eigenvalue weighted by atomic mass is 10.0. The summed E-state index contributed by atoms with van der Waals surface area (Å²) in [6.07, 6.45) is -0.820. The first-order chi connectivity index (χ1) is 13.1. The van der Waals surface area contributed by atoms with E-state index in [2.05, 4.69) is 20.3 Å². The normalized spacial score (nSPS) is 10.7. The van der Waals surface area contributed by atoms with Gasteiger partial charge in [0.15, 0.2) is 0 Å². The Kier molecular flexibility index (Phi) is 4.43. The topological polar surface area (TPSA) is 77.3 Å². The highest BCUT2D eigenvalue weighted by atomic mass is 35.5. The molecule has 0 aliphatic rings. The quantitative estimate of drug-likeness (QED) is 0.520. The van der Waals surface area contributed by atoms with Gasteiger partial charge in [-0.05, 0) is 52.3 Å². The van der Waals surface area contributed by atoms with Crippen LogP contribution in [-0.4, -0.2) is 16.4 Å². The number of anilines is 1. The molecule has 0 fully saturated rings. The molecule has 0 aliphatic carbocycles. The van der Waals surface area contributed by atoms with E-state index in [1.54, 1.807) is 48.5 Å². The number of amides is 1. The van der Waals surface area contributed by atoms with Gasteiger partial charge in [0.1, 0.15) is 22.6 Å². The summed E-state index contributed by atoms with van der Waals surface area (Å²) in [7, 11) is 0. The highest BCUT2D eigenvalue weighted by molar-refractivity contribution is 6.33. The van der Waals surface area contributed by atoms with Crippen LogP contribution < -0.4 is 10.1 Å². The maximum atomic E-state index is 14.5. The molecule has 1 heterocycles. The molecule has 134 valence electrons. The lowest BCUT2D eigenvalue weighted by molar-refractivity contribution is 0.215. The number of hydrogen-bond donors (Lipinski definition) is 1. The van der Waals surface area contributed by atoms with Crippen LogP contribution >= 0.6 is 11.6 Å². The molecule has 0 bridgehead atoms. The molecule has 8 heteroatoms. The zero-order valence-electron chi connectivity index (χ0n) is 13.6. The third kappa shape index (κ3) is 3.58. The predicted octanol–water partition coefficient (Wildman–Crippen LogP) is 5.29. The van der Waals surface area contributed by atoms with Crippen molar-refractivity contribution in [3.63, 3.8) is 0 Å². The van der Waals surface area contributed by atoms with Crippen molar-refractivity contribution in [2.75, 3.05) is 5.32 Å². The first-order valence-electron chi connectivity index (χ1n) is 7.86. The van der Waals surface area contributed by atoms with E-state index in [9.17, 15) is 9.18 Å². The Labute approximate surface area is 157 Å². The fourth-order valence-electron chi connectivity index (χ4n) is 2.54. The maximum Gasteiger partial charge on any atom is 0.417 e. The molecule has 0 saturated carbocycles. The maximum absolute atomic E-state index is 14.5. The Hall–Kier alpha value is -3.45. The second-order valence-corrected chi connectivity index (χ2v) is 6.01. The van der Waals surface area contributed by atoms with Crippen molar-refractivity contribution in [1.29, 1.82) is 0 Å². The Morgan fingerprint density at radius 2 is 1.81 bits per heavy atom. The summed E-state index contributed by atoms with van der Waals surface area (Å²) in [5.41, 5.74) is 2.10. The zero-order chi connectivity index (χ0) is 18.8. The van der Waals surface area contributed by atoms with Crippen LogP contribution in [0.5, 0.6) is 5.75 Å². The molecule has 0 aliphatic heterocycles. The molecule has 0 radical (unpaired) electrons. The number of ether oxygens (including phenoxy) is 1. The number of benzene rings is 3. The molecular weight excluding hydrogens is 373 g/mol. The summed E-state index contributed by atoms with van der Waals surface area (Å²) in [5, 5.41) is 10.1. The van der Waals surface area contributed by atoms with E-state index < -0.39 is 11.9 Å². The van der Waals surface area contributed by atoms with Crippen molar-refractivity contribution in [3.05, 3.63) is 71.5 Å². The highest BCUT2D eigenvalue weighted by Crippen LogP contribution is 2.33. The fourth-order valence-corrected chi connectivity index (χ4v) is 2.82. The molecule has 4 aromatic rings. The molecule has 0 saturated heterocycles. The first-order valence-corrected chi connectivity index (χ1v) is 8.23. The van der Waals surface area contributed by atoms with E-state index in [-0.39, 0.29) is 10.7 Å². The Morgan fingerprint density at radius 1 is 1.04 bits per heavy atom. The molecule has 3 aromatic carbocycles. The van der Waals surface area contributed by atoms with Gasteiger partial charge in [-0.2, -0.15) is 0 Å². The van der Waals surface area contributed by atoms with Crippen LogP contribution in [0.3, 0.4) is 0 Å². The van der Waals surface area contributed by atoms with Crippen LogP contribution in [0.1, 0.15) is 0 Å². The number of nitrogens with zero attached hydrogens (tertiary/aromatic N) is 2. The number of aromatic nitrogens is 2. The SMILES string of the molecule is O=C(Nc1cc(Cl)c(-c2ccc3nonc3c2)cc1F)Oc1ccccc1. The molecule has 6 nitrogen and oxygen atoms in total. The molecule has 1 amide bonds. The van der Waals surface area contributed by atoms with Gasteiger partial charge in [0.25, 0.3) is 0 Å². The molecule has 1 aromatic heterocycles. The Bertz CT molecular complexity index is 1130. The summed E-state index contributed by atoms with van der Waals surface area (Å²) >= 11 is 6.29. The van der Waals surface area contributed by atoms with Crippen molar-refractivity contribution in [1.82, 2.24) is 10.3 Å². The van der Waals surface area contributed by atoms with Crippen molar-refractivity contribution >= 4 is 34.4 Å². The average molecular weight is 384 g/mol. The minimum absolute atomic E-state index is 0.0890. The third-order valence-electron chi connectivity index (χ3n) is 3.81. The van der Waals surface area contributed by atoms with Gasteiger partial charge in [-0.15, -0.1) is 0 Å². The number of nitrogens with one attached hydrogen (secondary N) is 1. The summed E-state index contributed by atoms with van der Waals surface area (Å²) < 4.78 is 24.2. The predicted molar refractivity (Wildman–Crippen MR) is 98.3 cm³/mol. The van der Waals surface area contributed by atoms with Crippen LogP contribution in [0.4, 0.5) is 14.9 Å². The molecular formula is C19H11ClFN3O3. The van der Waals surface area contributed by atoms with Gasteiger partial charge in [0.2, 0.25) is 0 Å². The lowest BCUT2D eigenvalue weighted by Crippen LogP contribution is -2.17. The molecule has 1 N–H and O–H groups in total. The van der Waals surface area contributed by atoms with Crippen molar-refractivity contribution < 1.29 is 18.6 Å². The van der Waals surface area contributed by atoms with E-state index in [0.717, 1.165) is 0 Å². The zero-order valence-corrected chi connectivity index (χ0v) is 14.4. The van der Waals surface area contributed by atoms with Gasteiger partial charge in [0, 0.05) is 5.56 Å². The standard InChI is InChI=1S/C19H11ClFN3O3/c20-14-10-17(22-19(25)26-12-4-2-1-3-5-12)15(21)9-13(14)11-6-7-16-18(8-11)24-27-23-16/h1-10H,(H,22,25). The number of fused-ring (bicyclic) bond motifs is 1. The number of carbonyl (C=O) groups is 1. The van der Waals surface area contributed by atoms with E-state index in [1.165, 1.54) is 12.1 Å². The van der Waals surface area contributed by atoms with Gasteiger partial charge in [0.05, 0.1) is 10.7 Å². The third-order valence-corrected chi connectivity index (χ3v) is 4.12. The Balaban J connectivity index is 1.59. The van der Waals surface area contributed by atoms with Crippen LogP contribution in [-0.2, 0) is 0 Å². The number of halogens is 2. The molecule has 4 rings (SSSR count). The number of rotatable bonds is 3. The number of carbonyl (C=O) groups excluding carboxylic acids is 1. The van der Waals surface area contributed by atoms with Crippen LogP contribution in [0.15, 0.2) is 65.3 Å². The minimum atomic E-state index is -0.820. The van der Waals surface area contributed by atoms with E-state index >= 15 is 0 Å². The Morgan fingerprint density at radius 3 is 2.63 bits per heavy atom. The van der Waals surface area contributed by atoms with Gasteiger partial charge in [-0.3, -0.25) is 5.32 Å². The second kappa shape index (κ2) is 7.05. The monoisotopic (exact) mass is 383 g/mol. The van der Waals surface area contributed by atoms with Crippen molar-refractivity contribution in [2.24, 2.45) is 0 Å². The van der Waals surface area contributed by atoms with Gasteiger partial charge < -0.3 is 4.74 Å². The van der Waals surface area contributed by atoms with E-state index in [4.69, 9.17) is 16.3 Å². The van der Waals surface area contributed by atoms with Crippen molar-refractivity contribution in [2.45, 2.75) is 0 Å². The lowest BCUT2D eigenvalue weighted by Gasteiger charge is -2.11. The van der Waals surface area contributed by atoms with Gasteiger partial charge >= 0.3 is 6.09 Å². The molecule has 0 spiro atoms. The van der Waals surface area contributed by atoms with Crippen LogP contribution in [0.2, 0.25) is 5.02 Å². The first kappa shape index (κ1) is 17.0. The van der Waals surface area contributed by atoms with Gasteiger partial charge in [-0.25, -0.2) is 13.8 Å². The minimum Gasteiger partial charge on any atom is -0.410 e. The average Bonchev–Trinajstić information content (AvgIpc) is 3.13. The molecule has 0 unspecified atom stereocenters. The van der Waals surface area contributed by atoms with Crippen LogP contribution in [0.25, 0.3) is 22.2 Å². The fraction of sp³-hybridized carbons (Fsp3) is 0. The molecule has 0 atom stereocenters. The smallest absolute Gasteiger partial charge is 0.410 e. The second-order valence-electron chi connectivity index (χ2n) is 5.61. The summed E-state index contributed by atoms with van der Waals surface area (Å²) in [4.78, 5) is 11.9. The summed E-state index contributed by atoms with van der Waals surface area (Å²) in [6, 6.07) is 16.1. The largest absolute Gasteiger partial charge is 0.417 e. The summed E-state index contributed by atoms with van der Waals surface area (Å²) in [6.45, 7) is 0. The van der Waals surface area contributed by atoms with Crippen molar-refractivity contribution in [3.8, 4) is 16.9 Å². The summed E-state index contributed by atoms with van der Waals surface area (Å²) in [5.74, 6) is -0.314. The molecule has 27 heavy (non-hydrogen) atoms. The van der Waals surface area contributed by atoms with E-state index in [0.29, 0.717) is 27.9 Å². The van der Waals surface area contributed by atoms with Gasteiger partial charge in [-0.1, -0.05) is 35.9 Å². The number of hydrogen-bond acceptors (Lipinski definition) is 5. The highest BCUT2D eigenvalue weighted by Gasteiger charge is 2.14. The van der Waals surface area contributed by atoms with Crippen LogP contribution in [0, 0.1) is 5.82 Å². The number of para-hydroxylation sites is 1. The van der Waals surface area contributed by atoms with E-state index in [1.807, 2.05) is 0 Å².